The second-order valence-electron chi connectivity index (χ2n) is 8.18. The van der Waals surface area contributed by atoms with Gasteiger partial charge < -0.3 is 15.0 Å². The molecule has 0 radical (unpaired) electrons. The number of aryl methyl sites for hydroxylation is 1. The van der Waals surface area contributed by atoms with Gasteiger partial charge in [-0.05, 0) is 62.2 Å². The van der Waals surface area contributed by atoms with Crippen molar-refractivity contribution in [3.8, 4) is 5.75 Å². The summed E-state index contributed by atoms with van der Waals surface area (Å²) in [5.41, 5.74) is 3.83. The Hall–Kier alpha value is -2.86. The highest BCUT2D eigenvalue weighted by molar-refractivity contribution is 5.98. The highest BCUT2D eigenvalue weighted by Gasteiger charge is 2.20. The van der Waals surface area contributed by atoms with Crippen LogP contribution in [0.2, 0.25) is 0 Å². The van der Waals surface area contributed by atoms with Crippen LogP contribution in [0.5, 0.6) is 5.75 Å². The maximum atomic E-state index is 12.6. The lowest BCUT2D eigenvalue weighted by atomic mass is 9.97. The van der Waals surface area contributed by atoms with E-state index >= 15 is 0 Å². The van der Waals surface area contributed by atoms with Crippen LogP contribution in [0.1, 0.15) is 42.1 Å². The number of ether oxygens (including phenoxy) is 1. The Kier molecular flexibility index (Phi) is 6.87. The summed E-state index contributed by atoms with van der Waals surface area (Å²) in [4.78, 5) is 29.0. The standard InChI is InChI=1S/C25H31N3O3/c1-2-31-24-8-4-3-6-22(24)28-16-14-27(15-17-28)13-5-7-23(29)20-9-11-21-19(18-20)10-12-25(30)26-21/h3-4,6,8-9,11,18H,2,5,7,10,12-17H2,1H3,(H,26,30). The van der Waals surface area contributed by atoms with E-state index in [-0.39, 0.29) is 11.7 Å². The van der Waals surface area contributed by atoms with Gasteiger partial charge in [0.1, 0.15) is 5.75 Å². The van der Waals surface area contributed by atoms with Crippen molar-refractivity contribution in [1.82, 2.24) is 4.90 Å². The number of fused-ring (bicyclic) bond motifs is 1. The van der Waals surface area contributed by atoms with Crippen LogP contribution in [0.15, 0.2) is 42.5 Å². The Labute approximate surface area is 184 Å². The van der Waals surface area contributed by atoms with Crippen LogP contribution in [-0.4, -0.2) is 55.9 Å². The molecule has 0 saturated carbocycles. The normalized spacial score (nSPS) is 16.5. The number of carbonyl (C=O) groups excluding carboxylic acids is 2. The third-order valence-corrected chi connectivity index (χ3v) is 6.08. The highest BCUT2D eigenvalue weighted by Crippen LogP contribution is 2.29. The molecule has 6 nitrogen and oxygen atoms in total. The topological polar surface area (TPSA) is 61.9 Å². The predicted molar refractivity (Wildman–Crippen MR) is 123 cm³/mol. The van der Waals surface area contributed by atoms with Crippen LogP contribution in [0.3, 0.4) is 0 Å². The number of amides is 1. The molecule has 0 unspecified atom stereocenters. The molecule has 2 aliphatic rings. The number of anilines is 2. The number of hydrogen-bond donors (Lipinski definition) is 1. The van der Waals surface area contributed by atoms with Gasteiger partial charge in [-0.25, -0.2) is 0 Å². The molecule has 2 aliphatic heterocycles. The fourth-order valence-corrected chi connectivity index (χ4v) is 4.37. The van der Waals surface area contributed by atoms with E-state index in [4.69, 9.17) is 4.74 Å². The monoisotopic (exact) mass is 421 g/mol. The molecular formula is C25H31N3O3. The van der Waals surface area contributed by atoms with Gasteiger partial charge >= 0.3 is 0 Å². The third kappa shape index (κ3) is 5.25. The SMILES string of the molecule is CCOc1ccccc1N1CCN(CCCC(=O)c2ccc3c(c2)CCC(=O)N3)CC1. The summed E-state index contributed by atoms with van der Waals surface area (Å²) < 4.78 is 5.78. The first-order valence-electron chi connectivity index (χ1n) is 11.3. The summed E-state index contributed by atoms with van der Waals surface area (Å²) in [6.07, 6.45) is 2.62. The van der Waals surface area contributed by atoms with Crippen molar-refractivity contribution in [2.75, 3.05) is 49.5 Å². The van der Waals surface area contributed by atoms with Crippen LogP contribution < -0.4 is 15.0 Å². The van der Waals surface area contributed by atoms with E-state index in [0.717, 1.165) is 61.7 Å². The molecule has 0 bridgehead atoms. The van der Waals surface area contributed by atoms with Crippen molar-refractivity contribution in [3.05, 3.63) is 53.6 Å². The molecule has 164 valence electrons. The number of rotatable bonds is 8. The van der Waals surface area contributed by atoms with E-state index in [9.17, 15) is 9.59 Å². The number of ketones is 1. The van der Waals surface area contributed by atoms with Gasteiger partial charge in [-0.2, -0.15) is 0 Å². The summed E-state index contributed by atoms with van der Waals surface area (Å²) in [7, 11) is 0. The van der Waals surface area contributed by atoms with Crippen molar-refractivity contribution in [3.63, 3.8) is 0 Å². The molecule has 2 aromatic rings. The molecule has 1 N–H and O–H groups in total. The minimum absolute atomic E-state index is 0.0491. The van der Waals surface area contributed by atoms with Crippen LogP contribution in [0, 0.1) is 0 Å². The van der Waals surface area contributed by atoms with E-state index in [1.54, 1.807) is 0 Å². The van der Waals surface area contributed by atoms with Gasteiger partial charge in [0.15, 0.2) is 5.78 Å². The summed E-state index contributed by atoms with van der Waals surface area (Å²) in [6.45, 7) is 7.54. The number of nitrogens with zero attached hydrogens (tertiary/aromatic N) is 2. The van der Waals surface area contributed by atoms with Gasteiger partial charge in [-0.1, -0.05) is 12.1 Å². The van der Waals surface area contributed by atoms with Gasteiger partial charge in [0, 0.05) is 50.3 Å². The number of hydrogen-bond acceptors (Lipinski definition) is 5. The number of piperazine rings is 1. The Bertz CT molecular complexity index is 935. The molecule has 0 atom stereocenters. The fraction of sp³-hybridized carbons (Fsp3) is 0.440. The Morgan fingerprint density at radius 2 is 1.87 bits per heavy atom. The van der Waals surface area contributed by atoms with Crippen molar-refractivity contribution in [2.45, 2.75) is 32.6 Å². The molecule has 0 aromatic heterocycles. The Morgan fingerprint density at radius 3 is 2.68 bits per heavy atom. The van der Waals surface area contributed by atoms with Gasteiger partial charge in [-0.15, -0.1) is 0 Å². The zero-order valence-electron chi connectivity index (χ0n) is 18.2. The zero-order chi connectivity index (χ0) is 21.6. The lowest BCUT2D eigenvalue weighted by Crippen LogP contribution is -2.46. The maximum absolute atomic E-state index is 12.6. The zero-order valence-corrected chi connectivity index (χ0v) is 18.2. The number of nitrogens with one attached hydrogen (secondary N) is 1. The Balaban J connectivity index is 1.23. The number of benzene rings is 2. The average Bonchev–Trinajstić information content (AvgIpc) is 2.80. The molecule has 1 saturated heterocycles. The lowest BCUT2D eigenvalue weighted by Gasteiger charge is -2.36. The van der Waals surface area contributed by atoms with E-state index in [1.807, 2.05) is 37.3 Å². The first-order chi connectivity index (χ1) is 15.1. The summed E-state index contributed by atoms with van der Waals surface area (Å²) >= 11 is 0. The number of para-hydroxylation sites is 2. The Morgan fingerprint density at radius 1 is 1.06 bits per heavy atom. The molecule has 1 amide bonds. The van der Waals surface area contributed by atoms with Crippen molar-refractivity contribution >= 4 is 23.1 Å². The highest BCUT2D eigenvalue weighted by atomic mass is 16.5. The second-order valence-corrected chi connectivity index (χ2v) is 8.18. The molecule has 0 spiro atoms. The minimum Gasteiger partial charge on any atom is -0.492 e. The quantitative estimate of drug-likeness (QED) is 0.658. The van der Waals surface area contributed by atoms with E-state index in [2.05, 4.69) is 27.2 Å². The van der Waals surface area contributed by atoms with E-state index in [0.29, 0.717) is 25.9 Å². The molecule has 2 heterocycles. The van der Waals surface area contributed by atoms with Crippen molar-refractivity contribution in [2.24, 2.45) is 0 Å². The third-order valence-electron chi connectivity index (χ3n) is 6.08. The molecule has 2 aromatic carbocycles. The first-order valence-corrected chi connectivity index (χ1v) is 11.3. The predicted octanol–water partition coefficient (Wildman–Crippen LogP) is 3.76. The second kappa shape index (κ2) is 9.96. The van der Waals surface area contributed by atoms with Crippen LogP contribution in [0.4, 0.5) is 11.4 Å². The largest absolute Gasteiger partial charge is 0.492 e. The number of Topliss-reactive ketones (excluding diaryl/α,β-unsaturated/α-hetero) is 1. The molecular weight excluding hydrogens is 390 g/mol. The first kappa shape index (κ1) is 21.4. The van der Waals surface area contributed by atoms with Gasteiger partial charge in [-0.3, -0.25) is 14.5 Å². The lowest BCUT2D eigenvalue weighted by molar-refractivity contribution is -0.116. The van der Waals surface area contributed by atoms with Gasteiger partial charge in [0.25, 0.3) is 0 Å². The van der Waals surface area contributed by atoms with E-state index < -0.39 is 0 Å². The smallest absolute Gasteiger partial charge is 0.224 e. The van der Waals surface area contributed by atoms with E-state index in [1.165, 1.54) is 5.69 Å². The molecule has 31 heavy (non-hydrogen) atoms. The van der Waals surface area contributed by atoms with Gasteiger partial charge in [0.05, 0.1) is 12.3 Å². The maximum Gasteiger partial charge on any atom is 0.224 e. The molecule has 6 heteroatoms. The summed E-state index contributed by atoms with van der Waals surface area (Å²) in [5.74, 6) is 1.19. The minimum atomic E-state index is 0.0491. The van der Waals surface area contributed by atoms with Crippen LogP contribution in [0.25, 0.3) is 0 Å². The molecule has 0 aliphatic carbocycles. The summed E-state index contributed by atoms with van der Waals surface area (Å²) in [5, 5.41) is 2.87. The van der Waals surface area contributed by atoms with Gasteiger partial charge in [0.2, 0.25) is 5.91 Å². The van der Waals surface area contributed by atoms with Crippen molar-refractivity contribution < 1.29 is 14.3 Å². The van der Waals surface area contributed by atoms with Crippen LogP contribution in [-0.2, 0) is 11.2 Å². The molecule has 1 fully saturated rings. The van der Waals surface area contributed by atoms with Crippen LogP contribution >= 0.6 is 0 Å². The number of carbonyl (C=O) groups is 2. The fourth-order valence-electron chi connectivity index (χ4n) is 4.37. The van der Waals surface area contributed by atoms with Crippen molar-refractivity contribution in [1.29, 1.82) is 0 Å². The molecule has 4 rings (SSSR count). The summed E-state index contributed by atoms with van der Waals surface area (Å²) in [6, 6.07) is 13.9. The average molecular weight is 422 g/mol.